The highest BCUT2D eigenvalue weighted by Crippen LogP contribution is 2.49. The van der Waals surface area contributed by atoms with Crippen LogP contribution in [0.25, 0.3) is 0 Å². The second-order valence-electron chi connectivity index (χ2n) is 3.06. The third-order valence-corrected chi connectivity index (χ3v) is 4.12. The standard InChI is InChI=1S/C9H6Cl6/c1-3-6(10)4(2)8(12)5(7(3)11)9(13,14)15/h1-2H3. The highest BCUT2D eigenvalue weighted by molar-refractivity contribution is 6.68. The Morgan fingerprint density at radius 3 is 1.33 bits per heavy atom. The zero-order chi connectivity index (χ0) is 12.0. The number of halogens is 6. The summed E-state index contributed by atoms with van der Waals surface area (Å²) in [7, 11) is 0. The van der Waals surface area contributed by atoms with Crippen LogP contribution < -0.4 is 0 Å². The van der Waals surface area contributed by atoms with Crippen molar-refractivity contribution in [3.05, 3.63) is 31.8 Å². The van der Waals surface area contributed by atoms with Gasteiger partial charge < -0.3 is 0 Å². The maximum absolute atomic E-state index is 6.04. The van der Waals surface area contributed by atoms with Gasteiger partial charge in [-0.3, -0.25) is 0 Å². The molecule has 0 aliphatic carbocycles. The van der Waals surface area contributed by atoms with E-state index in [1.54, 1.807) is 13.8 Å². The van der Waals surface area contributed by atoms with Gasteiger partial charge in [0.2, 0.25) is 3.79 Å². The summed E-state index contributed by atoms with van der Waals surface area (Å²) in [5.41, 5.74) is 1.58. The van der Waals surface area contributed by atoms with E-state index in [1.807, 2.05) is 0 Å². The molecule has 84 valence electrons. The Kier molecular flexibility index (Phi) is 4.37. The summed E-state index contributed by atoms with van der Waals surface area (Å²) in [5.74, 6) is 0. The van der Waals surface area contributed by atoms with Gasteiger partial charge in [0, 0.05) is 10.6 Å². The third-order valence-electron chi connectivity index (χ3n) is 2.04. The second-order valence-corrected chi connectivity index (χ2v) is 6.48. The van der Waals surface area contributed by atoms with E-state index in [-0.39, 0.29) is 15.6 Å². The molecule has 6 heteroatoms. The van der Waals surface area contributed by atoms with Crippen LogP contribution in [0.2, 0.25) is 15.1 Å². The smallest absolute Gasteiger partial charge is 0.0836 e. The lowest BCUT2D eigenvalue weighted by Gasteiger charge is -2.19. The molecule has 0 aliphatic heterocycles. The molecule has 1 rings (SSSR count). The lowest BCUT2D eigenvalue weighted by Crippen LogP contribution is -2.05. The molecule has 0 N–H and O–H groups in total. The van der Waals surface area contributed by atoms with E-state index in [9.17, 15) is 0 Å². The van der Waals surface area contributed by atoms with Crippen molar-refractivity contribution in [2.75, 3.05) is 0 Å². The van der Waals surface area contributed by atoms with Crippen LogP contribution in [0.1, 0.15) is 16.7 Å². The first-order valence-corrected chi connectivity index (χ1v) is 6.15. The van der Waals surface area contributed by atoms with E-state index in [2.05, 4.69) is 0 Å². The van der Waals surface area contributed by atoms with Crippen LogP contribution in [-0.2, 0) is 3.79 Å². The zero-order valence-corrected chi connectivity index (χ0v) is 12.3. The first-order valence-electron chi connectivity index (χ1n) is 3.88. The van der Waals surface area contributed by atoms with Gasteiger partial charge in [0.05, 0.1) is 10.0 Å². The van der Waals surface area contributed by atoms with Gasteiger partial charge in [0.25, 0.3) is 0 Å². The summed E-state index contributed by atoms with van der Waals surface area (Å²) in [6.45, 7) is 3.49. The lowest BCUT2D eigenvalue weighted by atomic mass is 10.1. The van der Waals surface area contributed by atoms with Crippen LogP contribution in [0.15, 0.2) is 0 Å². The van der Waals surface area contributed by atoms with Crippen molar-refractivity contribution in [1.82, 2.24) is 0 Å². The van der Waals surface area contributed by atoms with Gasteiger partial charge in [-0.25, -0.2) is 0 Å². The van der Waals surface area contributed by atoms with E-state index in [0.717, 1.165) is 0 Å². The summed E-state index contributed by atoms with van der Waals surface area (Å²) in [6, 6.07) is 0. The molecule has 1 aromatic rings. The van der Waals surface area contributed by atoms with Crippen LogP contribution >= 0.6 is 69.6 Å². The van der Waals surface area contributed by atoms with Crippen molar-refractivity contribution >= 4 is 69.6 Å². The van der Waals surface area contributed by atoms with E-state index in [1.165, 1.54) is 0 Å². The molecule has 0 nitrogen and oxygen atoms in total. The van der Waals surface area contributed by atoms with E-state index in [4.69, 9.17) is 69.6 Å². The van der Waals surface area contributed by atoms with Crippen LogP contribution in [0, 0.1) is 13.8 Å². The number of alkyl halides is 3. The molecule has 0 aromatic heterocycles. The van der Waals surface area contributed by atoms with E-state index < -0.39 is 3.79 Å². The molecular weight excluding hydrogens is 321 g/mol. The van der Waals surface area contributed by atoms with Crippen molar-refractivity contribution in [1.29, 1.82) is 0 Å². The van der Waals surface area contributed by atoms with Crippen molar-refractivity contribution in [2.45, 2.75) is 17.6 Å². The molecule has 0 atom stereocenters. The summed E-state index contributed by atoms with van der Waals surface area (Å²) in [4.78, 5) is 0. The predicted molar refractivity (Wildman–Crippen MR) is 70.2 cm³/mol. The maximum atomic E-state index is 6.04. The van der Waals surface area contributed by atoms with Crippen LogP contribution in [0.5, 0.6) is 0 Å². The minimum absolute atomic E-state index is 0.273. The molecule has 15 heavy (non-hydrogen) atoms. The highest BCUT2D eigenvalue weighted by Gasteiger charge is 2.31. The molecule has 0 fully saturated rings. The molecule has 0 heterocycles. The fourth-order valence-electron chi connectivity index (χ4n) is 1.19. The van der Waals surface area contributed by atoms with E-state index >= 15 is 0 Å². The Morgan fingerprint density at radius 2 is 1.07 bits per heavy atom. The highest BCUT2D eigenvalue weighted by atomic mass is 35.6. The first-order chi connectivity index (χ1) is 6.68. The second kappa shape index (κ2) is 4.68. The minimum Gasteiger partial charge on any atom is -0.0836 e. The summed E-state index contributed by atoms with van der Waals surface area (Å²) in [6.07, 6.45) is 0. The third kappa shape index (κ3) is 2.62. The Bertz CT molecular complexity index is 375. The van der Waals surface area contributed by atoms with Gasteiger partial charge in [0.1, 0.15) is 0 Å². The average Bonchev–Trinajstić information content (AvgIpc) is 2.09. The quantitative estimate of drug-likeness (QED) is 0.506. The van der Waals surface area contributed by atoms with Gasteiger partial charge in [-0.05, 0) is 25.0 Å². The molecule has 0 saturated heterocycles. The Balaban J connectivity index is 3.68. The van der Waals surface area contributed by atoms with Crippen molar-refractivity contribution in [3.63, 3.8) is 0 Å². The number of benzene rings is 1. The largest absolute Gasteiger partial charge is 0.218 e. The molecular formula is C9H6Cl6. The Morgan fingerprint density at radius 1 is 0.733 bits per heavy atom. The van der Waals surface area contributed by atoms with Crippen molar-refractivity contribution < 1.29 is 0 Å². The maximum Gasteiger partial charge on any atom is 0.218 e. The van der Waals surface area contributed by atoms with Crippen LogP contribution in [0.3, 0.4) is 0 Å². The SMILES string of the molecule is Cc1c(Cl)c(C)c(Cl)c(C(Cl)(Cl)Cl)c1Cl. The first kappa shape index (κ1) is 14.0. The fourth-order valence-corrected chi connectivity index (χ4v) is 3.05. The number of rotatable bonds is 0. The molecule has 0 bridgehead atoms. The molecule has 0 saturated carbocycles. The van der Waals surface area contributed by atoms with Gasteiger partial charge >= 0.3 is 0 Å². The average molecular weight is 327 g/mol. The van der Waals surface area contributed by atoms with Gasteiger partial charge in [0.15, 0.2) is 0 Å². The molecule has 0 radical (unpaired) electrons. The summed E-state index contributed by atoms with van der Waals surface area (Å²) in [5, 5.41) is 1.06. The van der Waals surface area contributed by atoms with Crippen LogP contribution in [-0.4, -0.2) is 0 Å². The molecule has 0 aliphatic rings. The predicted octanol–water partition coefficient (Wildman–Crippen LogP) is 6.09. The minimum atomic E-state index is -1.66. The van der Waals surface area contributed by atoms with Gasteiger partial charge in [-0.1, -0.05) is 69.6 Å². The van der Waals surface area contributed by atoms with Gasteiger partial charge in [-0.2, -0.15) is 0 Å². The number of hydrogen-bond acceptors (Lipinski definition) is 0. The Labute approximate surface area is 118 Å². The normalized spacial score (nSPS) is 12.0. The lowest BCUT2D eigenvalue weighted by molar-refractivity contribution is 1.20. The topological polar surface area (TPSA) is 0 Å². The van der Waals surface area contributed by atoms with E-state index in [0.29, 0.717) is 16.1 Å². The van der Waals surface area contributed by atoms with Gasteiger partial charge in [-0.15, -0.1) is 0 Å². The van der Waals surface area contributed by atoms with Crippen LogP contribution in [0.4, 0.5) is 0 Å². The number of hydrogen-bond donors (Lipinski definition) is 0. The molecule has 0 spiro atoms. The monoisotopic (exact) mass is 324 g/mol. The Hall–Kier alpha value is 0.960. The molecule has 1 aromatic carbocycles. The van der Waals surface area contributed by atoms with Crippen molar-refractivity contribution in [2.24, 2.45) is 0 Å². The zero-order valence-electron chi connectivity index (χ0n) is 7.77. The molecule has 0 unspecified atom stereocenters. The summed E-state index contributed by atoms with van der Waals surface area (Å²) >= 11 is 35.4. The van der Waals surface area contributed by atoms with Crippen molar-refractivity contribution in [3.8, 4) is 0 Å². The summed E-state index contributed by atoms with van der Waals surface area (Å²) < 4.78 is -1.66. The molecule has 0 amide bonds. The fraction of sp³-hybridized carbons (Fsp3) is 0.333.